The van der Waals surface area contributed by atoms with E-state index in [0.717, 1.165) is 0 Å². The molecule has 2 aromatic carbocycles. The summed E-state index contributed by atoms with van der Waals surface area (Å²) in [5, 5.41) is 3.00. The second-order valence-corrected chi connectivity index (χ2v) is 7.67. The molecule has 6 nitrogen and oxygen atoms in total. The van der Waals surface area contributed by atoms with Gasteiger partial charge in [0.2, 0.25) is 0 Å². The zero-order valence-corrected chi connectivity index (χ0v) is 17.6. The van der Waals surface area contributed by atoms with Crippen LogP contribution in [0.25, 0.3) is 0 Å². The molecule has 0 bridgehead atoms. The summed E-state index contributed by atoms with van der Waals surface area (Å²) in [6.07, 6.45) is 0. The number of imide groups is 1. The molecule has 3 N–H and O–H groups in total. The first-order valence-corrected chi connectivity index (χ1v) is 9.33. The van der Waals surface area contributed by atoms with Gasteiger partial charge in [-0.2, -0.15) is 0 Å². The van der Waals surface area contributed by atoms with Gasteiger partial charge in [0, 0.05) is 12.1 Å². The smallest absolute Gasteiger partial charge is 0.261 e. The topological polar surface area (TPSA) is 92.5 Å². The van der Waals surface area contributed by atoms with Gasteiger partial charge in [0.1, 0.15) is 0 Å². The van der Waals surface area contributed by atoms with Crippen LogP contribution in [0.5, 0.6) is 0 Å². The van der Waals surface area contributed by atoms with Gasteiger partial charge in [-0.3, -0.25) is 19.3 Å². The summed E-state index contributed by atoms with van der Waals surface area (Å²) in [7, 11) is 0. The van der Waals surface area contributed by atoms with E-state index >= 15 is 0 Å². The summed E-state index contributed by atoms with van der Waals surface area (Å²) in [4.78, 5) is 39.0. The number of hydrogen-bond donors (Lipinski definition) is 2. The highest BCUT2D eigenvalue weighted by Gasteiger charge is 2.35. The summed E-state index contributed by atoms with van der Waals surface area (Å²) in [5.41, 5.74) is 7.34. The van der Waals surface area contributed by atoms with Crippen LogP contribution in [0.15, 0.2) is 48.5 Å². The van der Waals surface area contributed by atoms with Crippen molar-refractivity contribution in [1.82, 2.24) is 10.2 Å². The Morgan fingerprint density at radius 2 is 1.66 bits per heavy atom. The molecule has 0 aliphatic carbocycles. The zero-order valence-electron chi connectivity index (χ0n) is 16.8. The van der Waals surface area contributed by atoms with Gasteiger partial charge in [-0.05, 0) is 42.7 Å². The van der Waals surface area contributed by atoms with E-state index in [1.165, 1.54) is 4.90 Å². The minimum absolute atomic E-state index is 0. The zero-order chi connectivity index (χ0) is 20.5. The van der Waals surface area contributed by atoms with E-state index in [4.69, 9.17) is 5.73 Å². The van der Waals surface area contributed by atoms with Crippen LogP contribution >= 0.6 is 12.4 Å². The number of nitrogens with one attached hydrogen (secondary N) is 1. The predicted molar refractivity (Wildman–Crippen MR) is 114 cm³/mol. The fraction of sp³-hybridized carbons (Fsp3) is 0.318. The molecular formula is C22H26ClN3O3. The molecular weight excluding hydrogens is 390 g/mol. The number of fused-ring (bicyclic) bond motifs is 1. The molecule has 1 aliphatic rings. The second-order valence-electron chi connectivity index (χ2n) is 7.67. The minimum Gasteiger partial charge on any atom is -0.345 e. The Morgan fingerprint density at radius 3 is 2.17 bits per heavy atom. The number of nitrogens with zero attached hydrogens (tertiary/aromatic N) is 1. The van der Waals surface area contributed by atoms with Crippen molar-refractivity contribution in [2.24, 2.45) is 11.7 Å². The Labute approximate surface area is 176 Å². The van der Waals surface area contributed by atoms with Gasteiger partial charge in [-0.25, -0.2) is 0 Å². The fourth-order valence-electron chi connectivity index (χ4n) is 3.14. The second kappa shape index (κ2) is 8.76. The number of hydrogen-bond acceptors (Lipinski definition) is 4. The number of benzene rings is 2. The van der Waals surface area contributed by atoms with Gasteiger partial charge in [0.05, 0.1) is 23.2 Å². The summed E-state index contributed by atoms with van der Waals surface area (Å²) in [6, 6.07) is 13.7. The molecule has 0 radical (unpaired) electrons. The molecule has 3 amide bonds. The molecule has 0 saturated heterocycles. The molecule has 1 heterocycles. The van der Waals surface area contributed by atoms with Crippen molar-refractivity contribution >= 4 is 30.1 Å². The lowest BCUT2D eigenvalue weighted by atomic mass is 9.88. The van der Waals surface area contributed by atoms with E-state index in [1.807, 2.05) is 20.8 Å². The monoisotopic (exact) mass is 415 g/mol. The number of carbonyl (C=O) groups excluding carboxylic acids is 3. The van der Waals surface area contributed by atoms with Gasteiger partial charge in [-0.15, -0.1) is 12.4 Å². The van der Waals surface area contributed by atoms with Gasteiger partial charge < -0.3 is 11.1 Å². The van der Waals surface area contributed by atoms with Crippen LogP contribution in [0, 0.1) is 5.92 Å². The first-order chi connectivity index (χ1) is 13.3. The highest BCUT2D eigenvalue weighted by Crippen LogP contribution is 2.24. The van der Waals surface area contributed by atoms with E-state index in [0.29, 0.717) is 28.8 Å². The van der Waals surface area contributed by atoms with Crippen LogP contribution in [0.4, 0.5) is 0 Å². The number of halogens is 1. The molecule has 1 aliphatic heterocycles. The summed E-state index contributed by atoms with van der Waals surface area (Å²) < 4.78 is 0. The average molecular weight is 416 g/mol. The fourth-order valence-corrected chi connectivity index (χ4v) is 3.14. The van der Waals surface area contributed by atoms with Crippen LogP contribution < -0.4 is 11.1 Å². The molecule has 154 valence electrons. The molecule has 1 unspecified atom stereocenters. The summed E-state index contributed by atoms with van der Waals surface area (Å²) in [5.74, 6) is -0.689. The van der Waals surface area contributed by atoms with Gasteiger partial charge >= 0.3 is 0 Å². The maximum Gasteiger partial charge on any atom is 0.261 e. The Kier molecular flexibility index (Phi) is 6.82. The highest BCUT2D eigenvalue weighted by atomic mass is 35.5. The van der Waals surface area contributed by atoms with Crippen LogP contribution in [0.2, 0.25) is 0 Å². The van der Waals surface area contributed by atoms with Gasteiger partial charge in [0.25, 0.3) is 17.7 Å². The Hall–Kier alpha value is -2.70. The van der Waals surface area contributed by atoms with E-state index in [1.54, 1.807) is 48.5 Å². The van der Waals surface area contributed by atoms with E-state index in [2.05, 4.69) is 5.32 Å². The lowest BCUT2D eigenvalue weighted by Gasteiger charge is -2.33. The molecule has 0 saturated carbocycles. The number of nitrogens with two attached hydrogens (primary N) is 1. The van der Waals surface area contributed by atoms with E-state index in [9.17, 15) is 14.4 Å². The van der Waals surface area contributed by atoms with E-state index in [-0.39, 0.29) is 42.6 Å². The van der Waals surface area contributed by atoms with E-state index < -0.39 is 5.54 Å². The quantitative estimate of drug-likeness (QED) is 0.709. The third-order valence-electron chi connectivity index (χ3n) is 5.51. The third kappa shape index (κ3) is 4.33. The van der Waals surface area contributed by atoms with Crippen molar-refractivity contribution < 1.29 is 14.4 Å². The van der Waals surface area contributed by atoms with Crippen LogP contribution in [-0.4, -0.2) is 34.7 Å². The first-order valence-electron chi connectivity index (χ1n) is 9.33. The highest BCUT2D eigenvalue weighted by molar-refractivity contribution is 6.21. The molecule has 0 aromatic heterocycles. The number of amides is 3. The molecule has 0 spiro atoms. The van der Waals surface area contributed by atoms with Crippen molar-refractivity contribution in [3.63, 3.8) is 0 Å². The van der Waals surface area contributed by atoms with Crippen molar-refractivity contribution in [1.29, 1.82) is 0 Å². The third-order valence-corrected chi connectivity index (χ3v) is 5.51. The lowest BCUT2D eigenvalue weighted by Crippen LogP contribution is -2.55. The minimum atomic E-state index is -0.518. The summed E-state index contributed by atoms with van der Waals surface area (Å²) in [6.45, 7) is 6.37. The molecule has 1 atom stereocenters. The maximum atomic E-state index is 12.7. The van der Waals surface area contributed by atoms with Gasteiger partial charge in [0.15, 0.2) is 0 Å². The molecule has 0 fully saturated rings. The maximum absolute atomic E-state index is 12.7. The van der Waals surface area contributed by atoms with Crippen molar-refractivity contribution in [3.8, 4) is 0 Å². The Morgan fingerprint density at radius 1 is 1.07 bits per heavy atom. The lowest BCUT2D eigenvalue weighted by molar-refractivity contribution is 0.0642. The number of carbonyl (C=O) groups is 3. The Balaban J connectivity index is 0.00000300. The molecule has 29 heavy (non-hydrogen) atoms. The molecule has 3 rings (SSSR count). The predicted octanol–water partition coefficient (Wildman–Crippen LogP) is 3.01. The standard InChI is InChI=1S/C22H25N3O3.ClH/c1-14(2)22(3,13-23)24-19(26)16-8-6-7-15(11-16)12-25-20(27)17-9-4-5-10-18(17)21(25)28;/h4-11,14H,12-13,23H2,1-3H3,(H,24,26);1H. The van der Waals surface area contributed by atoms with Crippen molar-refractivity contribution in [2.75, 3.05) is 6.54 Å². The van der Waals surface area contributed by atoms with Crippen LogP contribution in [-0.2, 0) is 6.54 Å². The van der Waals surface area contributed by atoms with Crippen LogP contribution in [0.3, 0.4) is 0 Å². The molecule has 2 aromatic rings. The largest absolute Gasteiger partial charge is 0.345 e. The summed E-state index contributed by atoms with van der Waals surface area (Å²) >= 11 is 0. The normalized spacial score (nSPS) is 15.0. The number of rotatable bonds is 6. The van der Waals surface area contributed by atoms with Crippen molar-refractivity contribution in [3.05, 3.63) is 70.8 Å². The Bertz CT molecular complexity index is 909. The first kappa shape index (κ1) is 22.6. The van der Waals surface area contributed by atoms with Crippen molar-refractivity contribution in [2.45, 2.75) is 32.9 Å². The molecule has 7 heteroatoms. The van der Waals surface area contributed by atoms with Crippen LogP contribution in [0.1, 0.15) is 57.4 Å². The average Bonchev–Trinajstić information content (AvgIpc) is 2.93. The SMILES string of the molecule is CC(C)C(C)(CN)NC(=O)c1cccc(CN2C(=O)c3ccccc3C2=O)c1.Cl. The van der Waals surface area contributed by atoms with Gasteiger partial charge in [-0.1, -0.05) is 38.1 Å².